The number of thiazole rings is 1. The number of aromatic nitrogens is 4. The highest BCUT2D eigenvalue weighted by Gasteiger charge is 2.23. The van der Waals surface area contributed by atoms with Crippen LogP contribution < -0.4 is 5.32 Å². The summed E-state index contributed by atoms with van der Waals surface area (Å²) < 4.78 is 1.77. The van der Waals surface area contributed by atoms with Crippen LogP contribution in [0.5, 0.6) is 0 Å². The summed E-state index contributed by atoms with van der Waals surface area (Å²) in [4.78, 5) is 16.8. The van der Waals surface area contributed by atoms with Gasteiger partial charge < -0.3 is 5.32 Å². The van der Waals surface area contributed by atoms with E-state index < -0.39 is 0 Å². The first kappa shape index (κ1) is 14.3. The first-order chi connectivity index (χ1) is 9.93. The second-order valence-corrected chi connectivity index (χ2v) is 7.31. The summed E-state index contributed by atoms with van der Waals surface area (Å²) in [5.41, 5.74) is 1.46. The molecule has 1 fully saturated rings. The highest BCUT2D eigenvalue weighted by Crippen LogP contribution is 2.24. The molecule has 0 saturated carbocycles. The maximum absolute atomic E-state index is 12.3. The van der Waals surface area contributed by atoms with Gasteiger partial charge in [0.1, 0.15) is 10.7 Å². The van der Waals surface area contributed by atoms with Crippen molar-refractivity contribution in [2.45, 2.75) is 38.6 Å². The van der Waals surface area contributed by atoms with Crippen LogP contribution in [0.15, 0.2) is 11.6 Å². The molecule has 21 heavy (non-hydrogen) atoms. The fourth-order valence-corrected chi connectivity index (χ4v) is 3.03. The van der Waals surface area contributed by atoms with Crippen molar-refractivity contribution >= 4 is 17.1 Å². The van der Waals surface area contributed by atoms with Crippen LogP contribution in [0.3, 0.4) is 0 Å². The number of rotatable bonds is 4. The molecule has 6 nitrogen and oxygen atoms in total. The second-order valence-electron chi connectivity index (χ2n) is 6.37. The molecule has 2 aromatic heterocycles. The lowest BCUT2D eigenvalue weighted by atomic mass is 9.93. The molecular weight excluding hydrogens is 286 g/mol. The Kier molecular flexibility index (Phi) is 3.62. The topological polar surface area (TPSA) is 72.7 Å². The van der Waals surface area contributed by atoms with Crippen LogP contribution in [0.4, 0.5) is 0 Å². The van der Waals surface area contributed by atoms with E-state index in [1.54, 1.807) is 10.9 Å². The fourth-order valence-electron chi connectivity index (χ4n) is 2.01. The quantitative estimate of drug-likeness (QED) is 0.869. The molecule has 112 valence electrons. The van der Waals surface area contributed by atoms with Gasteiger partial charge in [0.25, 0.3) is 0 Å². The monoisotopic (exact) mass is 305 g/mol. The minimum Gasteiger partial charge on any atom is -0.312 e. The van der Waals surface area contributed by atoms with Gasteiger partial charge in [-0.15, -0.1) is 16.4 Å². The van der Waals surface area contributed by atoms with Gasteiger partial charge in [0, 0.05) is 23.9 Å². The highest BCUT2D eigenvalue weighted by molar-refractivity contribution is 7.09. The maximum Gasteiger partial charge on any atom is 0.191 e. The Labute approximate surface area is 127 Å². The summed E-state index contributed by atoms with van der Waals surface area (Å²) in [6, 6.07) is 0.325. The van der Waals surface area contributed by atoms with E-state index in [-0.39, 0.29) is 11.2 Å². The van der Waals surface area contributed by atoms with E-state index in [9.17, 15) is 4.79 Å². The lowest BCUT2D eigenvalue weighted by molar-refractivity contribution is 0.0988. The molecule has 0 atom stereocenters. The van der Waals surface area contributed by atoms with Gasteiger partial charge in [-0.05, 0) is 0 Å². The predicted molar refractivity (Wildman–Crippen MR) is 80.8 cm³/mol. The van der Waals surface area contributed by atoms with Crippen molar-refractivity contribution in [2.24, 2.45) is 0 Å². The lowest BCUT2D eigenvalue weighted by Crippen LogP contribution is -2.43. The van der Waals surface area contributed by atoms with Gasteiger partial charge in [-0.2, -0.15) is 0 Å². The molecule has 0 aliphatic carbocycles. The zero-order chi connectivity index (χ0) is 15.0. The minimum absolute atomic E-state index is 0.0121. The van der Waals surface area contributed by atoms with E-state index in [0.717, 1.165) is 23.8 Å². The third-order valence-corrected chi connectivity index (χ3v) is 4.41. The van der Waals surface area contributed by atoms with Crippen LogP contribution in [-0.2, 0) is 11.8 Å². The van der Waals surface area contributed by atoms with Crippen LogP contribution in [-0.4, -0.2) is 38.9 Å². The number of hydrogen-bond donors (Lipinski definition) is 1. The van der Waals surface area contributed by atoms with Crippen molar-refractivity contribution < 1.29 is 4.79 Å². The van der Waals surface area contributed by atoms with E-state index in [1.807, 2.05) is 5.38 Å². The normalized spacial score (nSPS) is 16.0. The standard InChI is InChI=1S/C14H19N5OS/c1-14(2,3)12-8-21-13(16-12)4-11(20)10-7-19(18-17-10)9-5-15-6-9/h7-9,15H,4-6H2,1-3H3. The number of nitrogens with one attached hydrogen (secondary N) is 1. The smallest absolute Gasteiger partial charge is 0.191 e. The fraction of sp³-hybridized carbons (Fsp3) is 0.571. The maximum atomic E-state index is 12.3. The Bertz CT molecular complexity index is 650. The molecule has 7 heteroatoms. The lowest BCUT2D eigenvalue weighted by Gasteiger charge is -2.26. The van der Waals surface area contributed by atoms with Crippen molar-refractivity contribution in [1.29, 1.82) is 0 Å². The van der Waals surface area contributed by atoms with Gasteiger partial charge in [0.05, 0.1) is 24.4 Å². The SMILES string of the molecule is CC(C)(C)c1csc(CC(=O)c2cn(C3CNC3)nn2)n1. The molecule has 2 aromatic rings. The van der Waals surface area contributed by atoms with Crippen LogP contribution in [0, 0.1) is 0 Å². The van der Waals surface area contributed by atoms with E-state index in [0.29, 0.717) is 18.2 Å². The number of carbonyl (C=O) groups is 1. The average Bonchev–Trinajstić information content (AvgIpc) is 2.94. The van der Waals surface area contributed by atoms with E-state index in [4.69, 9.17) is 0 Å². The van der Waals surface area contributed by atoms with E-state index in [1.165, 1.54) is 11.3 Å². The van der Waals surface area contributed by atoms with Gasteiger partial charge in [-0.1, -0.05) is 26.0 Å². The molecule has 0 unspecified atom stereocenters. The number of ketones is 1. The average molecular weight is 305 g/mol. The van der Waals surface area contributed by atoms with Gasteiger partial charge >= 0.3 is 0 Å². The van der Waals surface area contributed by atoms with Gasteiger partial charge in [-0.25, -0.2) is 9.67 Å². The van der Waals surface area contributed by atoms with Crippen molar-refractivity contribution in [3.63, 3.8) is 0 Å². The van der Waals surface area contributed by atoms with Crippen LogP contribution >= 0.6 is 11.3 Å². The molecule has 0 spiro atoms. The molecule has 1 saturated heterocycles. The second kappa shape index (κ2) is 5.31. The van der Waals surface area contributed by atoms with Gasteiger partial charge in [-0.3, -0.25) is 4.79 Å². The molecule has 3 heterocycles. The summed E-state index contributed by atoms with van der Waals surface area (Å²) in [6.07, 6.45) is 2.04. The molecule has 0 amide bonds. The number of nitrogens with zero attached hydrogens (tertiary/aromatic N) is 4. The van der Waals surface area contributed by atoms with E-state index in [2.05, 4.69) is 41.4 Å². The number of Topliss-reactive ketones (excluding diaryl/α,β-unsaturated/α-hetero) is 1. The first-order valence-electron chi connectivity index (χ1n) is 7.04. The third-order valence-electron chi connectivity index (χ3n) is 3.56. The van der Waals surface area contributed by atoms with Crippen molar-refractivity contribution in [1.82, 2.24) is 25.3 Å². The molecular formula is C14H19N5OS. The summed E-state index contributed by atoms with van der Waals surface area (Å²) in [7, 11) is 0. The molecule has 1 aliphatic rings. The highest BCUT2D eigenvalue weighted by atomic mass is 32.1. The number of hydrogen-bond acceptors (Lipinski definition) is 6. The summed E-state index contributed by atoms with van der Waals surface area (Å²) >= 11 is 1.53. The zero-order valence-electron chi connectivity index (χ0n) is 12.5. The zero-order valence-corrected chi connectivity index (χ0v) is 13.3. The Morgan fingerprint density at radius 3 is 2.81 bits per heavy atom. The third kappa shape index (κ3) is 3.03. The molecule has 1 aliphatic heterocycles. The first-order valence-corrected chi connectivity index (χ1v) is 7.92. The largest absolute Gasteiger partial charge is 0.312 e. The number of carbonyl (C=O) groups excluding carboxylic acids is 1. The van der Waals surface area contributed by atoms with Crippen molar-refractivity contribution in [3.8, 4) is 0 Å². The van der Waals surface area contributed by atoms with Crippen molar-refractivity contribution in [3.05, 3.63) is 28.0 Å². The van der Waals surface area contributed by atoms with Crippen molar-refractivity contribution in [2.75, 3.05) is 13.1 Å². The van der Waals surface area contributed by atoms with Crippen LogP contribution in [0.1, 0.15) is 48.0 Å². The Morgan fingerprint density at radius 2 is 2.24 bits per heavy atom. The van der Waals surface area contributed by atoms with Gasteiger partial charge in [0.15, 0.2) is 5.78 Å². The molecule has 0 aromatic carbocycles. The Hall–Kier alpha value is -1.60. The minimum atomic E-state index is -0.0247. The van der Waals surface area contributed by atoms with Gasteiger partial charge in [0.2, 0.25) is 0 Å². The summed E-state index contributed by atoms with van der Waals surface area (Å²) in [5, 5.41) is 14.1. The Balaban J connectivity index is 1.68. The Morgan fingerprint density at radius 1 is 1.48 bits per heavy atom. The molecule has 0 radical (unpaired) electrons. The predicted octanol–water partition coefficient (Wildman–Crippen LogP) is 1.60. The summed E-state index contributed by atoms with van der Waals surface area (Å²) in [5.74, 6) is -0.0247. The summed E-state index contributed by atoms with van der Waals surface area (Å²) in [6.45, 7) is 8.13. The molecule has 0 bridgehead atoms. The van der Waals surface area contributed by atoms with Crippen LogP contribution in [0.25, 0.3) is 0 Å². The molecule has 3 rings (SSSR count). The molecule has 1 N–H and O–H groups in total. The van der Waals surface area contributed by atoms with Crippen LogP contribution in [0.2, 0.25) is 0 Å². The van der Waals surface area contributed by atoms with E-state index >= 15 is 0 Å².